The second-order valence-corrected chi connectivity index (χ2v) is 6.89. The molecule has 1 aromatic carbocycles. The number of hydrazine groups is 1. The number of carboxylic acids is 1. The van der Waals surface area contributed by atoms with Crippen molar-refractivity contribution in [2.45, 2.75) is 25.4 Å². The number of pyridine rings is 1. The number of halogens is 1. The first-order valence-electron chi connectivity index (χ1n) is 9.01. The predicted octanol–water partition coefficient (Wildman–Crippen LogP) is 3.26. The second-order valence-electron chi connectivity index (χ2n) is 6.45. The molecule has 144 valence electrons. The number of hydrogen-bond acceptors (Lipinski definition) is 6. The van der Waals surface area contributed by atoms with Crippen LogP contribution in [-0.4, -0.2) is 36.2 Å². The summed E-state index contributed by atoms with van der Waals surface area (Å²) in [6.45, 7) is 1.87. The van der Waals surface area contributed by atoms with Gasteiger partial charge in [0, 0.05) is 23.3 Å². The number of benzene rings is 1. The van der Waals surface area contributed by atoms with Gasteiger partial charge in [0.15, 0.2) is 0 Å². The molecule has 8 heteroatoms. The first-order chi connectivity index (χ1) is 13.1. The SMILES string of the molecule is CNCCCCCN1NC(Nc2cnccc2C(=O)O)c2cc(Cl)ccc21. The second kappa shape index (κ2) is 9.03. The highest BCUT2D eigenvalue weighted by molar-refractivity contribution is 6.30. The molecule has 0 bridgehead atoms. The van der Waals surface area contributed by atoms with Crippen LogP contribution in [0.3, 0.4) is 0 Å². The maximum atomic E-state index is 11.5. The molecule has 27 heavy (non-hydrogen) atoms. The first-order valence-corrected chi connectivity index (χ1v) is 9.39. The summed E-state index contributed by atoms with van der Waals surface area (Å²) in [6.07, 6.45) is 6.03. The molecule has 0 aliphatic carbocycles. The molecule has 0 radical (unpaired) electrons. The van der Waals surface area contributed by atoms with E-state index in [1.807, 2.05) is 25.2 Å². The third-order valence-electron chi connectivity index (χ3n) is 4.54. The molecule has 3 rings (SSSR count). The smallest absolute Gasteiger partial charge is 0.337 e. The number of carboxylic acid groups (broad SMARTS) is 1. The van der Waals surface area contributed by atoms with Crippen LogP contribution in [0.25, 0.3) is 0 Å². The summed E-state index contributed by atoms with van der Waals surface area (Å²) >= 11 is 6.20. The molecule has 1 aromatic heterocycles. The van der Waals surface area contributed by atoms with E-state index in [0.29, 0.717) is 10.7 Å². The van der Waals surface area contributed by atoms with E-state index in [1.165, 1.54) is 18.5 Å². The fourth-order valence-corrected chi connectivity index (χ4v) is 3.37. The zero-order valence-electron chi connectivity index (χ0n) is 15.2. The summed E-state index contributed by atoms with van der Waals surface area (Å²) in [4.78, 5) is 15.5. The molecule has 1 unspecified atom stereocenters. The van der Waals surface area contributed by atoms with Crippen molar-refractivity contribution in [3.8, 4) is 0 Å². The van der Waals surface area contributed by atoms with Crippen LogP contribution in [0.15, 0.2) is 36.7 Å². The quantitative estimate of drug-likeness (QED) is 0.489. The van der Waals surface area contributed by atoms with Gasteiger partial charge in [-0.05, 0) is 50.7 Å². The van der Waals surface area contributed by atoms with Gasteiger partial charge in [-0.25, -0.2) is 10.2 Å². The van der Waals surface area contributed by atoms with Crippen LogP contribution < -0.4 is 21.1 Å². The van der Waals surface area contributed by atoms with Gasteiger partial charge in [-0.1, -0.05) is 18.0 Å². The van der Waals surface area contributed by atoms with E-state index < -0.39 is 5.97 Å². The molecule has 2 heterocycles. The van der Waals surface area contributed by atoms with E-state index in [9.17, 15) is 9.90 Å². The highest BCUT2D eigenvalue weighted by Gasteiger charge is 2.29. The summed E-state index contributed by atoms with van der Waals surface area (Å²) in [6, 6.07) is 7.24. The van der Waals surface area contributed by atoms with Crippen molar-refractivity contribution in [2.75, 3.05) is 30.5 Å². The van der Waals surface area contributed by atoms with E-state index in [4.69, 9.17) is 11.6 Å². The number of unbranched alkanes of at least 4 members (excludes halogenated alkanes) is 2. The highest BCUT2D eigenvalue weighted by atomic mass is 35.5. The summed E-state index contributed by atoms with van der Waals surface area (Å²) < 4.78 is 0. The molecule has 0 amide bonds. The molecule has 7 nitrogen and oxygen atoms in total. The van der Waals surface area contributed by atoms with Gasteiger partial charge in [-0.2, -0.15) is 0 Å². The van der Waals surface area contributed by atoms with Crippen molar-refractivity contribution >= 4 is 28.9 Å². The lowest BCUT2D eigenvalue weighted by Gasteiger charge is -2.22. The summed E-state index contributed by atoms with van der Waals surface area (Å²) in [7, 11) is 1.96. The molecule has 1 atom stereocenters. The minimum atomic E-state index is -0.995. The Hall–Kier alpha value is -2.35. The number of nitrogens with zero attached hydrogens (tertiary/aromatic N) is 2. The zero-order chi connectivity index (χ0) is 19.2. The number of aromatic nitrogens is 1. The number of aromatic carboxylic acids is 1. The molecule has 0 saturated carbocycles. The lowest BCUT2D eigenvalue weighted by molar-refractivity contribution is 0.0697. The molecule has 1 aliphatic heterocycles. The minimum absolute atomic E-state index is 0.181. The van der Waals surface area contributed by atoms with Gasteiger partial charge in [0.1, 0.15) is 6.17 Å². The molecular formula is C19H24ClN5O2. The van der Waals surface area contributed by atoms with Crippen LogP contribution >= 0.6 is 11.6 Å². The van der Waals surface area contributed by atoms with Crippen LogP contribution in [0, 0.1) is 0 Å². The van der Waals surface area contributed by atoms with E-state index in [0.717, 1.165) is 43.6 Å². The Bertz CT molecular complexity index is 801. The third-order valence-corrected chi connectivity index (χ3v) is 4.77. The number of anilines is 2. The van der Waals surface area contributed by atoms with E-state index in [-0.39, 0.29) is 11.7 Å². The van der Waals surface area contributed by atoms with Gasteiger partial charge < -0.3 is 20.7 Å². The Morgan fingerprint density at radius 1 is 1.33 bits per heavy atom. The van der Waals surface area contributed by atoms with Gasteiger partial charge in [0.05, 0.1) is 23.1 Å². The number of rotatable bonds is 9. The fraction of sp³-hybridized carbons (Fsp3) is 0.368. The maximum absolute atomic E-state index is 11.5. The van der Waals surface area contributed by atoms with Crippen molar-refractivity contribution in [3.63, 3.8) is 0 Å². The van der Waals surface area contributed by atoms with Crippen LogP contribution in [0.5, 0.6) is 0 Å². The highest BCUT2D eigenvalue weighted by Crippen LogP contribution is 2.35. The van der Waals surface area contributed by atoms with Crippen molar-refractivity contribution in [2.24, 2.45) is 0 Å². The van der Waals surface area contributed by atoms with Gasteiger partial charge >= 0.3 is 5.97 Å². The summed E-state index contributed by atoms with van der Waals surface area (Å²) in [5.74, 6) is -0.995. The lowest BCUT2D eigenvalue weighted by Crippen LogP contribution is -2.38. The van der Waals surface area contributed by atoms with Gasteiger partial charge in [-0.15, -0.1) is 0 Å². The molecule has 0 spiro atoms. The third kappa shape index (κ3) is 4.68. The molecule has 0 fully saturated rings. The lowest BCUT2D eigenvalue weighted by atomic mass is 10.1. The average molecular weight is 390 g/mol. The summed E-state index contributed by atoms with van der Waals surface area (Å²) in [5.41, 5.74) is 6.09. The van der Waals surface area contributed by atoms with Crippen LogP contribution in [-0.2, 0) is 0 Å². The number of fused-ring (bicyclic) bond motifs is 1. The van der Waals surface area contributed by atoms with E-state index in [1.54, 1.807) is 0 Å². The van der Waals surface area contributed by atoms with Crippen molar-refractivity contribution in [1.82, 2.24) is 15.7 Å². The molecule has 1 aliphatic rings. The van der Waals surface area contributed by atoms with Crippen LogP contribution in [0.1, 0.15) is 41.3 Å². The number of hydrogen-bond donors (Lipinski definition) is 4. The molecule has 0 saturated heterocycles. The Morgan fingerprint density at radius 3 is 2.96 bits per heavy atom. The van der Waals surface area contributed by atoms with Crippen molar-refractivity contribution in [1.29, 1.82) is 0 Å². The number of nitrogens with one attached hydrogen (secondary N) is 3. The van der Waals surface area contributed by atoms with Crippen LogP contribution in [0.4, 0.5) is 11.4 Å². The van der Waals surface area contributed by atoms with Crippen molar-refractivity contribution < 1.29 is 9.90 Å². The Kier molecular flexibility index (Phi) is 6.49. The molecular weight excluding hydrogens is 366 g/mol. The monoisotopic (exact) mass is 389 g/mol. The zero-order valence-corrected chi connectivity index (χ0v) is 16.0. The Balaban J connectivity index is 1.75. The Morgan fingerprint density at radius 2 is 2.19 bits per heavy atom. The largest absolute Gasteiger partial charge is 0.478 e. The molecule has 4 N–H and O–H groups in total. The normalized spacial score (nSPS) is 15.6. The van der Waals surface area contributed by atoms with Crippen LogP contribution in [0.2, 0.25) is 5.02 Å². The van der Waals surface area contributed by atoms with Gasteiger partial charge in [0.2, 0.25) is 0 Å². The van der Waals surface area contributed by atoms with Gasteiger partial charge in [-0.3, -0.25) is 4.98 Å². The van der Waals surface area contributed by atoms with E-state index >= 15 is 0 Å². The number of carbonyl (C=O) groups is 1. The van der Waals surface area contributed by atoms with E-state index in [2.05, 4.69) is 26.1 Å². The first kappa shape index (κ1) is 19.4. The molecule has 2 aromatic rings. The fourth-order valence-electron chi connectivity index (χ4n) is 3.19. The average Bonchev–Trinajstić information content (AvgIpc) is 2.98. The van der Waals surface area contributed by atoms with Gasteiger partial charge in [0.25, 0.3) is 0 Å². The minimum Gasteiger partial charge on any atom is -0.478 e. The summed E-state index contributed by atoms with van der Waals surface area (Å²) in [5, 5.41) is 18.5. The topological polar surface area (TPSA) is 89.5 Å². The predicted molar refractivity (Wildman–Crippen MR) is 107 cm³/mol. The standard InChI is InChI=1S/C19H24ClN5O2/c1-21-8-3-2-4-10-25-17-6-5-13(20)11-15(17)18(24-25)23-16-12-22-9-7-14(16)19(26)27/h5-7,9,11-12,18,21,23-24H,2-4,8,10H2,1H3,(H,26,27). The maximum Gasteiger partial charge on any atom is 0.337 e. The van der Waals surface area contributed by atoms with Crippen molar-refractivity contribution in [3.05, 3.63) is 52.8 Å². The Labute approximate surface area is 163 Å².